The molecule has 0 saturated heterocycles. The van der Waals surface area contributed by atoms with E-state index in [1.54, 1.807) is 20.3 Å². The Kier molecular flexibility index (Phi) is 5.50. The summed E-state index contributed by atoms with van der Waals surface area (Å²) >= 11 is 0. The fourth-order valence-corrected chi connectivity index (χ4v) is 2.94. The maximum atomic E-state index is 9.64. The highest BCUT2D eigenvalue weighted by Crippen LogP contribution is 2.33. The van der Waals surface area contributed by atoms with Crippen LogP contribution in [0.2, 0.25) is 0 Å². The lowest BCUT2D eigenvalue weighted by Crippen LogP contribution is -2.15. The van der Waals surface area contributed by atoms with Crippen molar-refractivity contribution in [3.63, 3.8) is 0 Å². The van der Waals surface area contributed by atoms with Crippen LogP contribution in [0, 0.1) is 11.3 Å². The van der Waals surface area contributed by atoms with Gasteiger partial charge in [0.2, 0.25) is 0 Å². The molecule has 2 aromatic carbocycles. The number of rotatable bonds is 5. The van der Waals surface area contributed by atoms with Gasteiger partial charge in [0.05, 0.1) is 25.5 Å². The van der Waals surface area contributed by atoms with Gasteiger partial charge >= 0.3 is 0 Å². The Bertz CT molecular complexity index is 919. The van der Waals surface area contributed by atoms with Gasteiger partial charge in [-0.3, -0.25) is 4.99 Å². The Morgan fingerprint density at radius 3 is 2.54 bits per heavy atom. The third-order valence-electron chi connectivity index (χ3n) is 4.24. The second kappa shape index (κ2) is 8.17. The first kappa shape index (κ1) is 17.5. The molecule has 1 aliphatic rings. The molecule has 0 N–H and O–H groups in total. The molecular formula is C22H20N2O2. The van der Waals surface area contributed by atoms with E-state index in [9.17, 15) is 5.26 Å². The number of hydrogen-bond acceptors (Lipinski definition) is 4. The van der Waals surface area contributed by atoms with Crippen LogP contribution in [0.15, 0.2) is 65.2 Å². The van der Waals surface area contributed by atoms with Crippen LogP contribution in [-0.4, -0.2) is 26.5 Å². The maximum Gasteiger partial charge on any atom is 0.161 e. The molecule has 2 aromatic rings. The summed E-state index contributed by atoms with van der Waals surface area (Å²) in [4.78, 5) is 4.59. The van der Waals surface area contributed by atoms with Crippen LogP contribution in [0.1, 0.15) is 16.7 Å². The third-order valence-corrected chi connectivity index (χ3v) is 4.24. The van der Waals surface area contributed by atoms with Crippen LogP contribution >= 0.6 is 0 Å². The average molecular weight is 344 g/mol. The van der Waals surface area contributed by atoms with Crippen molar-refractivity contribution >= 4 is 11.8 Å². The van der Waals surface area contributed by atoms with Gasteiger partial charge in [-0.05, 0) is 35.8 Å². The molecule has 3 rings (SSSR count). The largest absolute Gasteiger partial charge is 0.493 e. The van der Waals surface area contributed by atoms with Gasteiger partial charge in [0, 0.05) is 12.1 Å². The fourth-order valence-electron chi connectivity index (χ4n) is 2.94. The Morgan fingerprint density at radius 2 is 1.85 bits per heavy atom. The maximum absolute atomic E-state index is 9.64. The fraction of sp³-hybridized carbons (Fsp3) is 0.182. The predicted octanol–water partition coefficient (Wildman–Crippen LogP) is 4.21. The molecule has 0 saturated carbocycles. The lowest BCUT2D eigenvalue weighted by molar-refractivity contribution is 0.354. The second-order valence-corrected chi connectivity index (χ2v) is 5.81. The van der Waals surface area contributed by atoms with Gasteiger partial charge in [0.1, 0.15) is 6.07 Å². The molecule has 0 amide bonds. The number of methoxy groups -OCH3 is 2. The minimum atomic E-state index is 0.533. The van der Waals surface area contributed by atoms with Crippen molar-refractivity contribution in [2.45, 2.75) is 6.42 Å². The normalized spacial score (nSPS) is 13.7. The zero-order valence-electron chi connectivity index (χ0n) is 14.9. The third kappa shape index (κ3) is 3.68. The molecule has 0 atom stereocenters. The molecule has 26 heavy (non-hydrogen) atoms. The molecule has 1 heterocycles. The van der Waals surface area contributed by atoms with Gasteiger partial charge in [-0.1, -0.05) is 42.5 Å². The van der Waals surface area contributed by atoms with Gasteiger partial charge in [0.15, 0.2) is 11.5 Å². The van der Waals surface area contributed by atoms with Gasteiger partial charge in [-0.15, -0.1) is 0 Å². The minimum absolute atomic E-state index is 0.533. The summed E-state index contributed by atoms with van der Waals surface area (Å²) < 4.78 is 10.8. The molecule has 0 radical (unpaired) electrons. The number of ether oxygens (including phenoxy) is 2. The van der Waals surface area contributed by atoms with Crippen molar-refractivity contribution in [2.75, 3.05) is 20.8 Å². The van der Waals surface area contributed by atoms with Gasteiger partial charge < -0.3 is 9.47 Å². The smallest absolute Gasteiger partial charge is 0.161 e. The number of aliphatic imine (C=N–C) groups is 1. The molecule has 0 aliphatic carbocycles. The minimum Gasteiger partial charge on any atom is -0.493 e. The van der Waals surface area contributed by atoms with E-state index in [0.29, 0.717) is 29.3 Å². The quantitative estimate of drug-likeness (QED) is 0.603. The zero-order chi connectivity index (χ0) is 18.4. The van der Waals surface area contributed by atoms with Crippen LogP contribution < -0.4 is 9.47 Å². The first-order chi connectivity index (χ1) is 12.8. The van der Waals surface area contributed by atoms with Crippen molar-refractivity contribution in [2.24, 2.45) is 4.99 Å². The highest BCUT2D eigenvalue weighted by molar-refractivity contribution is 6.16. The first-order valence-electron chi connectivity index (χ1n) is 8.40. The monoisotopic (exact) mass is 344 g/mol. The molecule has 0 fully saturated rings. The number of fused-ring (bicyclic) bond motifs is 1. The number of nitriles is 1. The summed E-state index contributed by atoms with van der Waals surface area (Å²) in [5.74, 6) is 1.33. The van der Waals surface area contributed by atoms with E-state index in [1.807, 2.05) is 54.6 Å². The Morgan fingerprint density at radius 1 is 1.12 bits per heavy atom. The van der Waals surface area contributed by atoms with Crippen molar-refractivity contribution < 1.29 is 9.47 Å². The molecule has 0 bridgehead atoms. The van der Waals surface area contributed by atoms with Crippen LogP contribution in [0.4, 0.5) is 0 Å². The molecule has 0 spiro atoms. The molecular weight excluding hydrogens is 324 g/mol. The molecule has 4 nitrogen and oxygen atoms in total. The molecule has 0 aromatic heterocycles. The van der Waals surface area contributed by atoms with Gasteiger partial charge in [-0.25, -0.2) is 0 Å². The lowest BCUT2D eigenvalue weighted by Gasteiger charge is -2.19. The van der Waals surface area contributed by atoms with Crippen molar-refractivity contribution in [3.05, 3.63) is 76.9 Å². The van der Waals surface area contributed by atoms with Crippen molar-refractivity contribution in [1.82, 2.24) is 0 Å². The van der Waals surface area contributed by atoms with E-state index in [4.69, 9.17) is 9.47 Å². The van der Waals surface area contributed by atoms with Crippen LogP contribution in [0.3, 0.4) is 0 Å². The number of allylic oxidation sites excluding steroid dienone is 3. The van der Waals surface area contributed by atoms with Crippen LogP contribution in [0.5, 0.6) is 11.5 Å². The SMILES string of the molecule is COc1cc2c(cc1OC)C(/C(C#N)=C/C=C/c1ccccc1)=NCC2. The number of nitrogens with zero attached hydrogens (tertiary/aromatic N) is 2. The summed E-state index contributed by atoms with van der Waals surface area (Å²) in [5.41, 5.74) is 4.35. The van der Waals surface area contributed by atoms with E-state index < -0.39 is 0 Å². The van der Waals surface area contributed by atoms with E-state index in [-0.39, 0.29) is 0 Å². The van der Waals surface area contributed by atoms with E-state index >= 15 is 0 Å². The highest BCUT2D eigenvalue weighted by atomic mass is 16.5. The van der Waals surface area contributed by atoms with Gasteiger partial charge in [0.25, 0.3) is 0 Å². The number of benzene rings is 2. The molecule has 4 heteroatoms. The predicted molar refractivity (Wildman–Crippen MR) is 104 cm³/mol. The molecule has 0 unspecified atom stereocenters. The van der Waals surface area contributed by atoms with Crippen molar-refractivity contribution in [3.8, 4) is 17.6 Å². The summed E-state index contributed by atoms with van der Waals surface area (Å²) in [6.07, 6.45) is 6.47. The van der Waals surface area contributed by atoms with Gasteiger partial charge in [-0.2, -0.15) is 5.26 Å². The van der Waals surface area contributed by atoms with E-state index in [2.05, 4.69) is 11.1 Å². The number of hydrogen-bond donors (Lipinski definition) is 0. The highest BCUT2D eigenvalue weighted by Gasteiger charge is 2.20. The average Bonchev–Trinajstić information content (AvgIpc) is 2.70. The van der Waals surface area contributed by atoms with Crippen molar-refractivity contribution in [1.29, 1.82) is 5.26 Å². The van der Waals surface area contributed by atoms with E-state index in [1.165, 1.54) is 0 Å². The molecule has 130 valence electrons. The Balaban J connectivity index is 1.96. The summed E-state index contributed by atoms with van der Waals surface area (Å²) in [5, 5.41) is 9.64. The molecule has 1 aliphatic heterocycles. The Labute approximate surface area is 153 Å². The topological polar surface area (TPSA) is 54.6 Å². The van der Waals surface area contributed by atoms with E-state index in [0.717, 1.165) is 23.1 Å². The first-order valence-corrected chi connectivity index (χ1v) is 8.40. The Hall–Kier alpha value is -3.32. The van der Waals surface area contributed by atoms with Crippen LogP contribution in [-0.2, 0) is 6.42 Å². The summed E-state index contributed by atoms with van der Waals surface area (Å²) in [6, 6.07) is 16.1. The standard InChI is InChI=1S/C22H20N2O2/c1-25-20-13-17-11-12-24-22(19(17)14-21(20)26-2)18(15-23)10-6-9-16-7-4-3-5-8-16/h3-10,13-14H,11-12H2,1-2H3/b9-6+,18-10+. The zero-order valence-corrected chi connectivity index (χ0v) is 14.9. The van der Waals surface area contributed by atoms with Crippen LogP contribution in [0.25, 0.3) is 6.08 Å². The summed E-state index contributed by atoms with van der Waals surface area (Å²) in [7, 11) is 3.23. The lowest BCUT2D eigenvalue weighted by atomic mass is 9.92. The second-order valence-electron chi connectivity index (χ2n) is 5.81. The summed E-state index contributed by atoms with van der Waals surface area (Å²) in [6.45, 7) is 0.652.